The molecular weight excluding hydrogens is 887 g/mol. The number of ether oxygens (including phenoxy) is 4. The molecule has 0 aromatic heterocycles. The van der Waals surface area contributed by atoms with Gasteiger partial charge in [-0.3, -0.25) is 9.59 Å². The maximum Gasteiger partial charge on any atom is 0.361 e. The van der Waals surface area contributed by atoms with E-state index in [-0.39, 0.29) is 32.2 Å². The Kier molecular flexibility index (Phi) is 49.7. The Morgan fingerprint density at radius 3 is 1.20 bits per heavy atom. The molecule has 0 fully saturated rings. The lowest BCUT2D eigenvalue weighted by atomic mass is 10.1. The molecule has 9 heteroatoms. The molecule has 0 rings (SSSR count). The topological polar surface area (TPSA) is 108 Å². The fourth-order valence-corrected chi connectivity index (χ4v) is 7.46. The fourth-order valence-electron chi connectivity index (χ4n) is 7.46. The van der Waals surface area contributed by atoms with Crippen LogP contribution < -0.4 is 0 Å². The molecule has 1 N–H and O–H groups in total. The number of allylic oxidation sites excluding steroid dienone is 16. The van der Waals surface area contributed by atoms with Gasteiger partial charge < -0.3 is 28.5 Å². The van der Waals surface area contributed by atoms with Crippen molar-refractivity contribution < 1.29 is 42.9 Å². The van der Waals surface area contributed by atoms with Crippen LogP contribution in [0.3, 0.4) is 0 Å². The highest BCUT2D eigenvalue weighted by Crippen LogP contribution is 2.15. The van der Waals surface area contributed by atoms with E-state index in [4.69, 9.17) is 18.9 Å². The van der Waals surface area contributed by atoms with Crippen molar-refractivity contribution in [2.24, 2.45) is 0 Å². The van der Waals surface area contributed by atoms with Crippen LogP contribution in [0.15, 0.2) is 97.2 Å². The highest BCUT2D eigenvalue weighted by Gasteiger charge is 2.25. The second-order valence-corrected chi connectivity index (χ2v) is 19.9. The summed E-state index contributed by atoms with van der Waals surface area (Å²) in [5.41, 5.74) is 0. The first-order valence-electron chi connectivity index (χ1n) is 28.4. The van der Waals surface area contributed by atoms with Crippen molar-refractivity contribution in [3.63, 3.8) is 0 Å². The number of esters is 2. The molecule has 0 saturated heterocycles. The number of hydrogen-bond acceptors (Lipinski definition) is 7. The van der Waals surface area contributed by atoms with E-state index < -0.39 is 24.3 Å². The van der Waals surface area contributed by atoms with Gasteiger partial charge in [-0.2, -0.15) is 0 Å². The quantitative estimate of drug-likeness (QED) is 0.0211. The van der Waals surface area contributed by atoms with Crippen molar-refractivity contribution in [2.75, 3.05) is 47.5 Å². The zero-order chi connectivity index (χ0) is 52.0. The van der Waals surface area contributed by atoms with Crippen molar-refractivity contribution >= 4 is 17.9 Å². The van der Waals surface area contributed by atoms with Gasteiger partial charge in [0.2, 0.25) is 0 Å². The molecule has 0 aromatic rings. The van der Waals surface area contributed by atoms with Gasteiger partial charge in [0.15, 0.2) is 6.10 Å². The molecule has 0 aliphatic carbocycles. The number of hydrogen-bond donors (Lipinski definition) is 1. The predicted molar refractivity (Wildman–Crippen MR) is 299 cm³/mol. The van der Waals surface area contributed by atoms with Gasteiger partial charge in [0.25, 0.3) is 6.29 Å². The van der Waals surface area contributed by atoms with Gasteiger partial charge >= 0.3 is 17.9 Å². The lowest BCUT2D eigenvalue weighted by Gasteiger charge is -2.25. The summed E-state index contributed by atoms with van der Waals surface area (Å²) < 4.78 is 22.9. The Morgan fingerprint density at radius 2 is 0.803 bits per heavy atom. The first-order chi connectivity index (χ1) is 34.6. The molecule has 71 heavy (non-hydrogen) atoms. The summed E-state index contributed by atoms with van der Waals surface area (Å²) in [4.78, 5) is 37.4. The highest BCUT2D eigenvalue weighted by atomic mass is 16.7. The van der Waals surface area contributed by atoms with Crippen molar-refractivity contribution in [2.45, 2.75) is 232 Å². The smallest absolute Gasteiger partial charge is 0.361 e. The van der Waals surface area contributed by atoms with Gasteiger partial charge in [0.05, 0.1) is 34.4 Å². The number of nitrogens with zero attached hydrogens (tertiary/aromatic N) is 1. The number of likely N-dealkylation sites (N-methyl/N-ethyl adjacent to an activating group) is 1. The normalized spacial score (nSPS) is 13.5. The van der Waals surface area contributed by atoms with E-state index in [9.17, 15) is 19.5 Å². The third-order valence-corrected chi connectivity index (χ3v) is 11.8. The maximum atomic E-state index is 12.9. The minimum absolute atomic E-state index is 0.180. The molecule has 0 aliphatic rings. The molecular formula is C62H106NO8+. The minimum atomic E-state index is -1.52. The largest absolute Gasteiger partial charge is 0.477 e. The standard InChI is InChI=1S/C62H105NO8/c1-6-8-10-12-14-16-18-20-22-24-26-27-28-29-30-31-32-33-35-37-39-41-43-45-47-49-51-53-60(65)71-58(57-70-62(61(66)67)68-55-54-63(3,4)5)56-69-59(64)52-50-48-46-44-42-40-38-36-34-25-23-21-19-17-15-13-11-9-7-2/h8,10,14-17,20-23,26-27,29-30,32-33,58,62H,6-7,9,11-13,18-19,24-25,28,31,34-57H2,1-5H3/p+1/b10-8-,16-14-,17-15-,22-20-,23-21-,27-26-,30-29-,33-32-. The number of quaternary nitrogens is 1. The van der Waals surface area contributed by atoms with E-state index in [0.29, 0.717) is 23.9 Å². The molecule has 9 nitrogen and oxygen atoms in total. The SMILES string of the molecule is CC/C=C\C/C=C\C/C=C\C/C=C\C/C=C\C/C=C\CCCCCCCCCCC(=O)OC(COC(=O)CCCCCCCCCCC/C=C\C/C=C\CCCCC)COC(OCC[N+](C)(C)C)C(=O)O. The monoisotopic (exact) mass is 993 g/mol. The van der Waals surface area contributed by atoms with E-state index in [1.807, 2.05) is 21.1 Å². The molecule has 0 spiro atoms. The average molecular weight is 994 g/mol. The lowest BCUT2D eigenvalue weighted by molar-refractivity contribution is -0.870. The summed E-state index contributed by atoms with van der Waals surface area (Å²) in [6.45, 7) is 4.72. The van der Waals surface area contributed by atoms with Crippen molar-refractivity contribution in [3.05, 3.63) is 97.2 Å². The Bertz CT molecular complexity index is 1480. The van der Waals surface area contributed by atoms with Crippen LogP contribution in [0.4, 0.5) is 0 Å². The fraction of sp³-hybridized carbons (Fsp3) is 0.694. The molecule has 2 unspecified atom stereocenters. The number of carbonyl (C=O) groups is 3. The van der Waals surface area contributed by atoms with E-state index in [1.54, 1.807) is 0 Å². The van der Waals surface area contributed by atoms with E-state index in [1.165, 1.54) is 96.3 Å². The first kappa shape index (κ1) is 67.2. The summed E-state index contributed by atoms with van der Waals surface area (Å²) in [6.07, 6.45) is 67.6. The molecule has 406 valence electrons. The molecule has 2 atom stereocenters. The van der Waals surface area contributed by atoms with Crippen LogP contribution in [0, 0.1) is 0 Å². The molecule has 0 aliphatic heterocycles. The van der Waals surface area contributed by atoms with Gasteiger partial charge in [-0.1, -0.05) is 207 Å². The van der Waals surface area contributed by atoms with Gasteiger partial charge in [-0.05, 0) is 96.3 Å². The molecule has 0 amide bonds. The van der Waals surface area contributed by atoms with Gasteiger partial charge in [-0.15, -0.1) is 0 Å². The first-order valence-corrected chi connectivity index (χ1v) is 28.4. The van der Waals surface area contributed by atoms with Crippen molar-refractivity contribution in [3.8, 4) is 0 Å². The van der Waals surface area contributed by atoms with Crippen molar-refractivity contribution in [1.29, 1.82) is 0 Å². The van der Waals surface area contributed by atoms with Crippen LogP contribution in [-0.4, -0.2) is 87.4 Å². The second-order valence-electron chi connectivity index (χ2n) is 19.9. The molecule has 0 radical (unpaired) electrons. The Balaban J connectivity index is 4.31. The zero-order valence-corrected chi connectivity index (χ0v) is 46.1. The third-order valence-electron chi connectivity index (χ3n) is 11.8. The van der Waals surface area contributed by atoms with E-state index in [2.05, 4.69) is 111 Å². The minimum Gasteiger partial charge on any atom is -0.477 e. The van der Waals surface area contributed by atoms with Crippen LogP contribution in [0.2, 0.25) is 0 Å². The maximum absolute atomic E-state index is 12.9. The summed E-state index contributed by atoms with van der Waals surface area (Å²) in [7, 11) is 5.96. The number of carboxylic acid groups (broad SMARTS) is 1. The van der Waals surface area contributed by atoms with Crippen LogP contribution in [0.5, 0.6) is 0 Å². The van der Waals surface area contributed by atoms with Gasteiger partial charge in [0, 0.05) is 12.8 Å². The van der Waals surface area contributed by atoms with Gasteiger partial charge in [0.1, 0.15) is 13.2 Å². The molecule has 0 bridgehead atoms. The molecule has 0 heterocycles. The Hall–Kier alpha value is -3.79. The zero-order valence-electron chi connectivity index (χ0n) is 46.1. The second kappa shape index (κ2) is 52.5. The Morgan fingerprint density at radius 1 is 0.437 bits per heavy atom. The molecule has 0 saturated carbocycles. The lowest BCUT2D eigenvalue weighted by Crippen LogP contribution is -2.40. The van der Waals surface area contributed by atoms with Crippen molar-refractivity contribution in [1.82, 2.24) is 0 Å². The Labute approximate surface area is 435 Å². The number of aliphatic carboxylic acids is 1. The van der Waals surface area contributed by atoms with E-state index in [0.717, 1.165) is 89.9 Å². The van der Waals surface area contributed by atoms with Gasteiger partial charge in [-0.25, -0.2) is 4.79 Å². The molecule has 0 aromatic carbocycles. The van der Waals surface area contributed by atoms with Crippen LogP contribution in [0.1, 0.15) is 219 Å². The summed E-state index contributed by atoms with van der Waals surface area (Å²) >= 11 is 0. The highest BCUT2D eigenvalue weighted by molar-refractivity contribution is 5.71. The summed E-state index contributed by atoms with van der Waals surface area (Å²) in [6, 6.07) is 0. The van der Waals surface area contributed by atoms with Crippen LogP contribution in [-0.2, 0) is 33.3 Å². The summed E-state index contributed by atoms with van der Waals surface area (Å²) in [5.74, 6) is -2.03. The number of unbranched alkanes of at least 4 members (excludes halogenated alkanes) is 20. The number of carboxylic acids is 1. The number of carbonyl (C=O) groups excluding carboxylic acids is 2. The van der Waals surface area contributed by atoms with Crippen LogP contribution >= 0.6 is 0 Å². The number of rotatable bonds is 51. The third kappa shape index (κ3) is 53.8. The predicted octanol–water partition coefficient (Wildman–Crippen LogP) is 16.6. The average Bonchev–Trinajstić information content (AvgIpc) is 3.34. The summed E-state index contributed by atoms with van der Waals surface area (Å²) in [5, 5.41) is 9.70. The van der Waals surface area contributed by atoms with E-state index >= 15 is 0 Å². The van der Waals surface area contributed by atoms with Crippen LogP contribution in [0.25, 0.3) is 0 Å².